The van der Waals surface area contributed by atoms with Gasteiger partial charge in [-0.2, -0.15) is 5.10 Å². The molecule has 2 aromatic carbocycles. The number of ether oxygens (including phenoxy) is 1. The van der Waals surface area contributed by atoms with Crippen molar-refractivity contribution in [2.75, 3.05) is 5.32 Å². The van der Waals surface area contributed by atoms with Gasteiger partial charge >= 0.3 is 0 Å². The Morgan fingerprint density at radius 3 is 2.61 bits per heavy atom. The number of carbonyl (C=O) groups is 1. The van der Waals surface area contributed by atoms with Crippen molar-refractivity contribution >= 4 is 17.3 Å². The molecule has 0 bridgehead atoms. The molecule has 1 atom stereocenters. The molecule has 0 aliphatic rings. The predicted molar refractivity (Wildman–Crippen MR) is 105 cm³/mol. The molecule has 1 heterocycles. The van der Waals surface area contributed by atoms with E-state index in [4.69, 9.17) is 4.74 Å². The zero-order valence-electron chi connectivity index (χ0n) is 15.7. The summed E-state index contributed by atoms with van der Waals surface area (Å²) in [5.41, 5.74) is 1.89. The van der Waals surface area contributed by atoms with Crippen LogP contribution in [0, 0.1) is 24.0 Å². The van der Waals surface area contributed by atoms with Crippen LogP contribution in [0.2, 0.25) is 0 Å². The maximum atomic E-state index is 12.5. The maximum Gasteiger partial charge on any atom is 0.275 e. The van der Waals surface area contributed by atoms with Gasteiger partial charge in [-0.15, -0.1) is 0 Å². The van der Waals surface area contributed by atoms with Crippen LogP contribution in [0.1, 0.15) is 24.2 Å². The number of nitro groups is 1. The highest BCUT2D eigenvalue weighted by molar-refractivity contribution is 5.94. The number of aryl methyl sites for hydroxylation is 2. The molecule has 0 aliphatic carbocycles. The minimum absolute atomic E-state index is 0.178. The van der Waals surface area contributed by atoms with Crippen molar-refractivity contribution in [1.29, 1.82) is 0 Å². The maximum absolute atomic E-state index is 12.5. The number of aromatic nitrogens is 2. The Morgan fingerprint density at radius 1 is 1.18 bits per heavy atom. The molecular weight excluding hydrogens is 360 g/mol. The highest BCUT2D eigenvalue weighted by atomic mass is 16.6. The summed E-state index contributed by atoms with van der Waals surface area (Å²) < 4.78 is 7.28. The molecule has 0 spiro atoms. The van der Waals surface area contributed by atoms with Gasteiger partial charge in [0.05, 0.1) is 22.4 Å². The van der Waals surface area contributed by atoms with Crippen LogP contribution in [0.4, 0.5) is 11.4 Å². The van der Waals surface area contributed by atoms with Crippen molar-refractivity contribution in [1.82, 2.24) is 9.78 Å². The highest BCUT2D eigenvalue weighted by Crippen LogP contribution is 2.30. The van der Waals surface area contributed by atoms with Crippen LogP contribution in [-0.4, -0.2) is 20.6 Å². The van der Waals surface area contributed by atoms with Crippen molar-refractivity contribution < 1.29 is 14.5 Å². The Balaban J connectivity index is 1.84. The molecule has 28 heavy (non-hydrogen) atoms. The van der Waals surface area contributed by atoms with Gasteiger partial charge in [0.1, 0.15) is 17.5 Å². The SMILES string of the molecule is Cc1cccc(Oc2cc(NC(=O)C(C)n3ccc(C)n3)cc([N+](=O)[O-])c2)c1. The van der Waals surface area contributed by atoms with E-state index in [-0.39, 0.29) is 23.0 Å². The molecule has 1 unspecified atom stereocenters. The van der Waals surface area contributed by atoms with Gasteiger partial charge < -0.3 is 10.1 Å². The molecule has 0 aliphatic heterocycles. The highest BCUT2D eigenvalue weighted by Gasteiger charge is 2.18. The van der Waals surface area contributed by atoms with E-state index in [9.17, 15) is 14.9 Å². The summed E-state index contributed by atoms with van der Waals surface area (Å²) in [5.74, 6) is 0.473. The Kier molecular flexibility index (Phi) is 5.39. The minimum atomic E-state index is -0.575. The molecule has 8 heteroatoms. The van der Waals surface area contributed by atoms with Crippen molar-refractivity contribution in [3.05, 3.63) is 76.1 Å². The fraction of sp³-hybridized carbons (Fsp3) is 0.200. The lowest BCUT2D eigenvalue weighted by molar-refractivity contribution is -0.384. The molecule has 3 aromatic rings. The van der Waals surface area contributed by atoms with E-state index < -0.39 is 11.0 Å². The van der Waals surface area contributed by atoms with E-state index in [1.165, 1.54) is 16.8 Å². The number of hydrogen-bond donors (Lipinski definition) is 1. The van der Waals surface area contributed by atoms with Gasteiger partial charge in [-0.05, 0) is 44.5 Å². The summed E-state index contributed by atoms with van der Waals surface area (Å²) in [7, 11) is 0. The molecule has 1 aromatic heterocycles. The second kappa shape index (κ2) is 7.91. The lowest BCUT2D eigenvalue weighted by Gasteiger charge is -2.14. The molecule has 1 amide bonds. The molecule has 0 fully saturated rings. The van der Waals surface area contributed by atoms with Crippen LogP contribution in [0.15, 0.2) is 54.7 Å². The van der Waals surface area contributed by atoms with E-state index in [1.54, 1.807) is 31.3 Å². The van der Waals surface area contributed by atoms with Gasteiger partial charge in [0, 0.05) is 18.3 Å². The van der Waals surface area contributed by atoms with Crippen LogP contribution < -0.4 is 10.1 Å². The lowest BCUT2D eigenvalue weighted by atomic mass is 10.2. The first-order chi connectivity index (χ1) is 13.3. The summed E-state index contributed by atoms with van der Waals surface area (Å²) >= 11 is 0. The van der Waals surface area contributed by atoms with Crippen LogP contribution in [0.3, 0.4) is 0 Å². The van der Waals surface area contributed by atoms with Crippen molar-refractivity contribution in [3.63, 3.8) is 0 Å². The summed E-state index contributed by atoms with van der Waals surface area (Å²) in [4.78, 5) is 23.3. The van der Waals surface area contributed by atoms with Crippen LogP contribution in [0.25, 0.3) is 0 Å². The molecule has 8 nitrogen and oxygen atoms in total. The monoisotopic (exact) mass is 380 g/mol. The number of hydrogen-bond acceptors (Lipinski definition) is 5. The van der Waals surface area contributed by atoms with Crippen LogP contribution >= 0.6 is 0 Å². The van der Waals surface area contributed by atoms with E-state index >= 15 is 0 Å². The standard InChI is InChI=1S/C20H20N4O4/c1-13-5-4-6-18(9-13)28-19-11-16(10-17(12-19)24(26)27)21-20(25)15(3)23-8-7-14(2)22-23/h4-12,15H,1-3H3,(H,21,25). The smallest absolute Gasteiger partial charge is 0.275 e. The third kappa shape index (κ3) is 4.53. The van der Waals surface area contributed by atoms with Gasteiger partial charge in [-0.1, -0.05) is 12.1 Å². The first-order valence-corrected chi connectivity index (χ1v) is 8.68. The molecular formula is C20H20N4O4. The van der Waals surface area contributed by atoms with Gasteiger partial charge in [-0.3, -0.25) is 19.6 Å². The predicted octanol–water partition coefficient (Wildman–Crippen LogP) is 4.40. The fourth-order valence-corrected chi connectivity index (χ4v) is 2.65. The van der Waals surface area contributed by atoms with Gasteiger partial charge in [-0.25, -0.2) is 0 Å². The molecule has 0 saturated carbocycles. The van der Waals surface area contributed by atoms with Crippen LogP contribution in [-0.2, 0) is 4.79 Å². The summed E-state index contributed by atoms with van der Waals surface area (Å²) in [6.07, 6.45) is 1.71. The van der Waals surface area contributed by atoms with E-state index in [2.05, 4.69) is 10.4 Å². The second-order valence-corrected chi connectivity index (χ2v) is 6.49. The second-order valence-electron chi connectivity index (χ2n) is 6.49. The summed E-state index contributed by atoms with van der Waals surface area (Å²) in [6.45, 7) is 5.45. The zero-order valence-corrected chi connectivity index (χ0v) is 15.7. The third-order valence-electron chi connectivity index (χ3n) is 4.11. The number of rotatable bonds is 6. The minimum Gasteiger partial charge on any atom is -0.457 e. The number of benzene rings is 2. The largest absolute Gasteiger partial charge is 0.457 e. The number of nitrogens with zero attached hydrogens (tertiary/aromatic N) is 3. The van der Waals surface area contributed by atoms with Crippen LogP contribution in [0.5, 0.6) is 11.5 Å². The summed E-state index contributed by atoms with van der Waals surface area (Å²) in [5, 5.41) is 18.2. The zero-order chi connectivity index (χ0) is 20.3. The van der Waals surface area contributed by atoms with Crippen molar-refractivity contribution in [3.8, 4) is 11.5 Å². The number of carbonyl (C=O) groups excluding carboxylic acids is 1. The van der Waals surface area contributed by atoms with Gasteiger partial charge in [0.2, 0.25) is 5.91 Å². The van der Waals surface area contributed by atoms with E-state index in [0.717, 1.165) is 11.3 Å². The van der Waals surface area contributed by atoms with Crippen molar-refractivity contribution in [2.45, 2.75) is 26.8 Å². The lowest BCUT2D eigenvalue weighted by Crippen LogP contribution is -2.24. The summed E-state index contributed by atoms with van der Waals surface area (Å²) in [6, 6.07) is 12.7. The van der Waals surface area contributed by atoms with Gasteiger partial charge in [0.25, 0.3) is 5.69 Å². The van der Waals surface area contributed by atoms with Crippen molar-refractivity contribution in [2.24, 2.45) is 0 Å². The topological polar surface area (TPSA) is 99.3 Å². The number of nitro benzene ring substituents is 1. The Morgan fingerprint density at radius 2 is 1.96 bits per heavy atom. The molecule has 0 saturated heterocycles. The average molecular weight is 380 g/mol. The number of nitrogens with one attached hydrogen (secondary N) is 1. The quantitative estimate of drug-likeness (QED) is 0.505. The normalized spacial score (nSPS) is 11.7. The third-order valence-corrected chi connectivity index (χ3v) is 4.11. The van der Waals surface area contributed by atoms with Gasteiger partial charge in [0.15, 0.2) is 0 Å². The number of non-ortho nitro benzene ring substituents is 1. The van der Waals surface area contributed by atoms with E-state index in [1.807, 2.05) is 32.0 Å². The first-order valence-electron chi connectivity index (χ1n) is 8.68. The Labute approximate surface area is 161 Å². The molecule has 3 rings (SSSR count). The first kappa shape index (κ1) is 19.1. The Bertz CT molecular complexity index is 1030. The number of anilines is 1. The molecule has 0 radical (unpaired) electrons. The fourth-order valence-electron chi connectivity index (χ4n) is 2.65. The molecule has 1 N–H and O–H groups in total. The van der Waals surface area contributed by atoms with E-state index in [0.29, 0.717) is 5.75 Å². The molecule has 144 valence electrons. The number of amides is 1. The average Bonchev–Trinajstić information content (AvgIpc) is 3.07. The Hall–Kier alpha value is -3.68.